The highest BCUT2D eigenvalue weighted by molar-refractivity contribution is 5.84. The molecule has 1 aliphatic carbocycles. The van der Waals surface area contributed by atoms with Gasteiger partial charge in [-0.25, -0.2) is 13.2 Å². The molecule has 0 aliphatic heterocycles. The van der Waals surface area contributed by atoms with Crippen molar-refractivity contribution in [3.05, 3.63) is 82.7 Å². The molecule has 0 atom stereocenters. The molecule has 164 valence electrons. The van der Waals surface area contributed by atoms with Crippen LogP contribution in [0.4, 0.5) is 13.2 Å². The number of hydrogen-bond donors (Lipinski definition) is 0. The van der Waals surface area contributed by atoms with Crippen molar-refractivity contribution in [3.8, 4) is 0 Å². The Morgan fingerprint density at radius 2 is 1.52 bits per heavy atom. The smallest absolute Gasteiger partial charge is 0.166 e. The lowest BCUT2D eigenvalue weighted by Crippen LogP contribution is -2.13. The second kappa shape index (κ2) is 9.89. The molecule has 0 unspecified atom stereocenters. The van der Waals surface area contributed by atoms with E-state index in [1.54, 1.807) is 18.2 Å². The summed E-state index contributed by atoms with van der Waals surface area (Å²) in [6.07, 6.45) is 9.62. The van der Waals surface area contributed by atoms with Crippen LogP contribution in [0.2, 0.25) is 0 Å². The molecule has 3 heteroatoms. The number of hydrogen-bond acceptors (Lipinski definition) is 0. The normalized spacial score (nSPS) is 19.1. The van der Waals surface area contributed by atoms with Crippen LogP contribution in [0, 0.1) is 17.5 Å². The number of fused-ring (bicyclic) bond motifs is 1. The summed E-state index contributed by atoms with van der Waals surface area (Å²) < 4.78 is 42.2. The lowest BCUT2D eigenvalue weighted by Gasteiger charge is -2.29. The summed E-state index contributed by atoms with van der Waals surface area (Å²) in [7, 11) is 0. The first-order chi connectivity index (χ1) is 15.1. The topological polar surface area (TPSA) is 0 Å². The monoisotopic (exact) mass is 424 g/mol. The van der Waals surface area contributed by atoms with Crippen molar-refractivity contribution >= 4 is 10.8 Å². The fraction of sp³-hybridized carbons (Fsp3) is 0.429. The molecule has 3 aromatic rings. The van der Waals surface area contributed by atoms with E-state index in [0.29, 0.717) is 11.3 Å². The van der Waals surface area contributed by atoms with Gasteiger partial charge in [-0.05, 0) is 84.6 Å². The number of rotatable bonds is 7. The summed E-state index contributed by atoms with van der Waals surface area (Å²) in [6, 6.07) is 14.3. The maximum absolute atomic E-state index is 14.8. The van der Waals surface area contributed by atoms with Gasteiger partial charge in [-0.1, -0.05) is 62.6 Å². The molecular weight excluding hydrogens is 393 g/mol. The third-order valence-corrected chi connectivity index (χ3v) is 6.95. The van der Waals surface area contributed by atoms with Gasteiger partial charge in [0.05, 0.1) is 0 Å². The van der Waals surface area contributed by atoms with Gasteiger partial charge in [-0.15, -0.1) is 0 Å². The van der Waals surface area contributed by atoms with Crippen molar-refractivity contribution in [2.75, 3.05) is 0 Å². The van der Waals surface area contributed by atoms with E-state index in [-0.39, 0.29) is 11.7 Å². The molecule has 4 rings (SSSR count). The number of halogens is 3. The summed E-state index contributed by atoms with van der Waals surface area (Å²) in [5, 5.41) is 1.06. The van der Waals surface area contributed by atoms with Crippen LogP contribution in [0.15, 0.2) is 48.5 Å². The van der Waals surface area contributed by atoms with Gasteiger partial charge in [0.15, 0.2) is 11.6 Å². The summed E-state index contributed by atoms with van der Waals surface area (Å²) in [4.78, 5) is 0. The van der Waals surface area contributed by atoms with Gasteiger partial charge in [-0.2, -0.15) is 0 Å². The van der Waals surface area contributed by atoms with Gasteiger partial charge >= 0.3 is 0 Å². The second-order valence-corrected chi connectivity index (χ2v) is 9.06. The van der Waals surface area contributed by atoms with E-state index in [1.807, 2.05) is 18.2 Å². The molecule has 0 nitrogen and oxygen atoms in total. The molecule has 31 heavy (non-hydrogen) atoms. The van der Waals surface area contributed by atoms with E-state index in [0.717, 1.165) is 55.0 Å². The highest BCUT2D eigenvalue weighted by Crippen LogP contribution is 2.42. The fourth-order valence-electron chi connectivity index (χ4n) is 5.09. The Balaban J connectivity index is 1.39. The molecule has 0 N–H and O–H groups in total. The van der Waals surface area contributed by atoms with Crippen LogP contribution >= 0.6 is 0 Å². The molecule has 0 amide bonds. The van der Waals surface area contributed by atoms with E-state index in [9.17, 15) is 13.2 Å². The second-order valence-electron chi connectivity index (χ2n) is 9.06. The molecule has 0 heterocycles. The van der Waals surface area contributed by atoms with E-state index in [2.05, 4.69) is 13.0 Å². The molecule has 0 saturated heterocycles. The van der Waals surface area contributed by atoms with Gasteiger partial charge < -0.3 is 0 Å². The molecule has 1 saturated carbocycles. The van der Waals surface area contributed by atoms with Crippen LogP contribution in [0.5, 0.6) is 0 Å². The van der Waals surface area contributed by atoms with Gasteiger partial charge in [0.2, 0.25) is 0 Å². The Kier molecular flexibility index (Phi) is 6.99. The predicted octanol–water partition coefficient (Wildman–Crippen LogP) is 8.82. The maximum Gasteiger partial charge on any atom is 0.166 e. The summed E-state index contributed by atoms with van der Waals surface area (Å²) in [5.41, 5.74) is 3.12. The van der Waals surface area contributed by atoms with E-state index >= 15 is 0 Å². The minimum atomic E-state index is -0.810. The largest absolute Gasteiger partial charge is 0.207 e. The highest BCUT2D eigenvalue weighted by atomic mass is 19.2. The lowest BCUT2D eigenvalue weighted by molar-refractivity contribution is 0.387. The number of unbranched alkanes of at least 4 members (excludes halogenated alkanes) is 3. The first kappa shape index (κ1) is 21.9. The van der Waals surface area contributed by atoms with Gasteiger partial charge in [0.1, 0.15) is 5.82 Å². The van der Waals surface area contributed by atoms with Crippen molar-refractivity contribution in [2.45, 2.75) is 76.5 Å². The first-order valence-corrected chi connectivity index (χ1v) is 11.7. The minimum Gasteiger partial charge on any atom is -0.207 e. The molecule has 0 spiro atoms. The Morgan fingerprint density at radius 1 is 0.742 bits per heavy atom. The molecule has 0 radical (unpaired) electrons. The lowest BCUT2D eigenvalue weighted by atomic mass is 9.75. The molecule has 3 aromatic carbocycles. The van der Waals surface area contributed by atoms with E-state index in [1.165, 1.54) is 30.9 Å². The van der Waals surface area contributed by atoms with Crippen LogP contribution in [0.3, 0.4) is 0 Å². The zero-order valence-corrected chi connectivity index (χ0v) is 18.3. The minimum absolute atomic E-state index is 0.0559. The van der Waals surface area contributed by atoms with Crippen molar-refractivity contribution in [2.24, 2.45) is 0 Å². The van der Waals surface area contributed by atoms with Gasteiger partial charge in [0.25, 0.3) is 0 Å². The number of benzene rings is 3. The zero-order chi connectivity index (χ0) is 21.8. The van der Waals surface area contributed by atoms with Crippen molar-refractivity contribution in [3.63, 3.8) is 0 Å². The third kappa shape index (κ3) is 4.97. The average Bonchev–Trinajstić information content (AvgIpc) is 2.79. The maximum atomic E-state index is 14.8. The summed E-state index contributed by atoms with van der Waals surface area (Å²) in [5.74, 6) is -1.00. The molecule has 0 bridgehead atoms. The molecule has 0 aromatic heterocycles. The van der Waals surface area contributed by atoms with Crippen LogP contribution in [0.25, 0.3) is 10.8 Å². The first-order valence-electron chi connectivity index (χ1n) is 11.7. The third-order valence-electron chi connectivity index (χ3n) is 6.95. The molecular formula is C28H31F3. The standard InChI is InChI=1S/C28H31F3/c1-2-3-4-5-6-19-7-14-24(27(30)17-19)21-10-8-20(9-11-21)22-12-15-25-23(18-22)13-16-26(29)28(25)31/h7,12-18,20-21H,2-6,8-11H2,1H3. The predicted molar refractivity (Wildman–Crippen MR) is 122 cm³/mol. The van der Waals surface area contributed by atoms with Gasteiger partial charge in [0, 0.05) is 5.39 Å². The SMILES string of the molecule is CCCCCCc1ccc(C2CCC(c3ccc4c(F)c(F)ccc4c3)CC2)c(F)c1. The van der Waals surface area contributed by atoms with Crippen LogP contribution in [0.1, 0.15) is 86.8 Å². The Labute approximate surface area is 183 Å². The Bertz CT molecular complexity index is 1030. The summed E-state index contributed by atoms with van der Waals surface area (Å²) >= 11 is 0. The average molecular weight is 425 g/mol. The van der Waals surface area contributed by atoms with Crippen LogP contribution in [-0.4, -0.2) is 0 Å². The Hall–Kier alpha value is -2.29. The summed E-state index contributed by atoms with van der Waals surface area (Å²) in [6.45, 7) is 2.20. The van der Waals surface area contributed by atoms with E-state index < -0.39 is 11.6 Å². The fourth-order valence-corrected chi connectivity index (χ4v) is 5.09. The van der Waals surface area contributed by atoms with Gasteiger partial charge in [-0.3, -0.25) is 0 Å². The van der Waals surface area contributed by atoms with Crippen molar-refractivity contribution in [1.82, 2.24) is 0 Å². The highest BCUT2D eigenvalue weighted by Gasteiger charge is 2.25. The van der Waals surface area contributed by atoms with E-state index in [4.69, 9.17) is 0 Å². The van der Waals surface area contributed by atoms with Crippen LogP contribution in [-0.2, 0) is 6.42 Å². The Morgan fingerprint density at radius 3 is 2.26 bits per heavy atom. The zero-order valence-electron chi connectivity index (χ0n) is 18.3. The van der Waals surface area contributed by atoms with Crippen molar-refractivity contribution < 1.29 is 13.2 Å². The van der Waals surface area contributed by atoms with Crippen molar-refractivity contribution in [1.29, 1.82) is 0 Å². The molecule has 1 aliphatic rings. The molecule has 1 fully saturated rings. The quantitative estimate of drug-likeness (QED) is 0.332. The van der Waals surface area contributed by atoms with Crippen LogP contribution < -0.4 is 0 Å². The number of aryl methyl sites for hydroxylation is 1.